The Morgan fingerprint density at radius 3 is 2.79 bits per heavy atom. The van der Waals surface area contributed by atoms with Crippen LogP contribution >= 0.6 is 0 Å². The summed E-state index contributed by atoms with van der Waals surface area (Å²) in [5, 5.41) is 0. The molecule has 1 rings (SSSR count). The summed E-state index contributed by atoms with van der Waals surface area (Å²) >= 11 is 0. The molecule has 1 aliphatic rings. The lowest BCUT2D eigenvalue weighted by atomic mass is 10.0. The molecule has 1 aliphatic heterocycles. The van der Waals surface area contributed by atoms with Gasteiger partial charge in [-0.15, -0.1) is 6.58 Å². The Kier molecular flexibility index (Phi) is 4.88. The number of allylic oxidation sites excluding steroid dienone is 1. The maximum absolute atomic E-state index is 11.4. The summed E-state index contributed by atoms with van der Waals surface area (Å²) in [6.07, 6.45) is 5.72. The van der Waals surface area contributed by atoms with Crippen molar-refractivity contribution in [1.82, 2.24) is 0 Å². The molecule has 2 heteroatoms. The van der Waals surface area contributed by atoms with E-state index in [1.807, 2.05) is 6.92 Å². The summed E-state index contributed by atoms with van der Waals surface area (Å²) < 4.78 is 5.46. The molecule has 14 heavy (non-hydrogen) atoms. The van der Waals surface area contributed by atoms with Crippen molar-refractivity contribution in [2.24, 2.45) is 0 Å². The van der Waals surface area contributed by atoms with Crippen molar-refractivity contribution < 1.29 is 9.53 Å². The Labute approximate surface area is 86.3 Å². The lowest BCUT2D eigenvalue weighted by Crippen LogP contribution is -2.08. The van der Waals surface area contributed by atoms with E-state index in [4.69, 9.17) is 4.74 Å². The average Bonchev–Trinajstić information content (AvgIpc) is 2.63. The van der Waals surface area contributed by atoms with Gasteiger partial charge >= 0.3 is 0 Å². The van der Waals surface area contributed by atoms with Gasteiger partial charge in [0.05, 0.1) is 6.10 Å². The van der Waals surface area contributed by atoms with Crippen LogP contribution in [0.5, 0.6) is 0 Å². The highest BCUT2D eigenvalue weighted by atomic mass is 16.5. The van der Waals surface area contributed by atoms with E-state index < -0.39 is 0 Å². The molecule has 2 nitrogen and oxygen atoms in total. The smallest absolute Gasteiger partial charge is 0.133 e. The van der Waals surface area contributed by atoms with Gasteiger partial charge in [-0.3, -0.25) is 4.79 Å². The van der Waals surface area contributed by atoms with Crippen LogP contribution in [0.1, 0.15) is 45.4 Å². The summed E-state index contributed by atoms with van der Waals surface area (Å²) in [6.45, 7) is 6.63. The molecule has 0 aromatic rings. The molecule has 0 bridgehead atoms. The summed E-state index contributed by atoms with van der Waals surface area (Å²) in [5.74, 6) is 0.350. The third-order valence-corrected chi connectivity index (χ3v) is 2.60. The second-order valence-corrected chi connectivity index (χ2v) is 4.17. The Morgan fingerprint density at radius 2 is 2.21 bits per heavy atom. The number of ether oxygens (including phenoxy) is 1. The summed E-state index contributed by atoms with van der Waals surface area (Å²) in [6, 6.07) is 0. The number of ketones is 1. The van der Waals surface area contributed by atoms with Crippen molar-refractivity contribution in [1.29, 1.82) is 0 Å². The minimum atomic E-state index is 0.350. The fourth-order valence-electron chi connectivity index (χ4n) is 1.67. The van der Waals surface area contributed by atoms with Gasteiger partial charge in [0, 0.05) is 19.4 Å². The predicted octanol–water partition coefficient (Wildman–Crippen LogP) is 2.87. The molecule has 0 aromatic carbocycles. The largest absolute Gasteiger partial charge is 0.378 e. The molecule has 1 fully saturated rings. The molecule has 0 spiro atoms. The number of carbonyl (C=O) groups is 1. The molecule has 0 N–H and O–H groups in total. The monoisotopic (exact) mass is 196 g/mol. The van der Waals surface area contributed by atoms with Crippen molar-refractivity contribution in [2.45, 2.75) is 51.6 Å². The molecule has 1 unspecified atom stereocenters. The fourth-order valence-corrected chi connectivity index (χ4v) is 1.67. The summed E-state index contributed by atoms with van der Waals surface area (Å²) in [7, 11) is 0. The molecule has 0 saturated carbocycles. The number of hydrogen-bond acceptors (Lipinski definition) is 2. The second kappa shape index (κ2) is 5.97. The molecule has 1 heterocycles. The number of hydrogen-bond donors (Lipinski definition) is 0. The van der Waals surface area contributed by atoms with E-state index in [-0.39, 0.29) is 0 Å². The third kappa shape index (κ3) is 4.56. The normalized spacial score (nSPS) is 21.1. The first kappa shape index (κ1) is 11.4. The maximum Gasteiger partial charge on any atom is 0.133 e. The van der Waals surface area contributed by atoms with Crippen molar-refractivity contribution in [3.63, 3.8) is 0 Å². The van der Waals surface area contributed by atoms with Crippen LogP contribution in [-0.4, -0.2) is 18.5 Å². The van der Waals surface area contributed by atoms with Crippen LogP contribution in [0.15, 0.2) is 12.2 Å². The minimum Gasteiger partial charge on any atom is -0.378 e. The minimum absolute atomic E-state index is 0.350. The van der Waals surface area contributed by atoms with E-state index in [9.17, 15) is 4.79 Å². The molecule has 80 valence electrons. The summed E-state index contributed by atoms with van der Waals surface area (Å²) in [4.78, 5) is 11.4. The van der Waals surface area contributed by atoms with Gasteiger partial charge in [0.15, 0.2) is 0 Å². The zero-order chi connectivity index (χ0) is 10.4. The van der Waals surface area contributed by atoms with Crippen LogP contribution in [-0.2, 0) is 9.53 Å². The van der Waals surface area contributed by atoms with Crippen LogP contribution in [0, 0.1) is 0 Å². The predicted molar refractivity (Wildman–Crippen MR) is 57.3 cm³/mol. The van der Waals surface area contributed by atoms with Crippen LogP contribution in [0.2, 0.25) is 0 Å². The van der Waals surface area contributed by atoms with E-state index in [1.54, 1.807) is 0 Å². The number of rotatable bonds is 6. The highest BCUT2D eigenvalue weighted by Crippen LogP contribution is 2.17. The van der Waals surface area contributed by atoms with Gasteiger partial charge in [-0.25, -0.2) is 0 Å². The van der Waals surface area contributed by atoms with Crippen LogP contribution in [0.25, 0.3) is 0 Å². The Morgan fingerprint density at radius 1 is 1.43 bits per heavy atom. The van der Waals surface area contributed by atoms with Crippen LogP contribution < -0.4 is 0 Å². The quantitative estimate of drug-likeness (QED) is 0.611. The zero-order valence-electron chi connectivity index (χ0n) is 9.05. The highest BCUT2D eigenvalue weighted by Gasteiger charge is 2.16. The van der Waals surface area contributed by atoms with Gasteiger partial charge in [-0.1, -0.05) is 5.57 Å². The van der Waals surface area contributed by atoms with Crippen molar-refractivity contribution in [3.8, 4) is 0 Å². The lowest BCUT2D eigenvalue weighted by molar-refractivity contribution is -0.119. The van der Waals surface area contributed by atoms with E-state index >= 15 is 0 Å². The molecule has 0 aliphatic carbocycles. The Balaban J connectivity index is 2.05. The van der Waals surface area contributed by atoms with E-state index in [0.717, 1.165) is 37.9 Å². The van der Waals surface area contributed by atoms with Gasteiger partial charge in [0.1, 0.15) is 5.78 Å². The first-order chi connectivity index (χ1) is 6.68. The zero-order valence-corrected chi connectivity index (χ0v) is 9.05. The standard InChI is InChI=1S/C12H20O2/c1-10(2)5-6-11(13)7-8-12-4-3-9-14-12/h12H,1,3-9H2,2H3. The first-order valence-electron chi connectivity index (χ1n) is 5.46. The average molecular weight is 196 g/mol. The number of Topliss-reactive ketones (excluding diaryl/α,β-unsaturated/α-hetero) is 1. The Hall–Kier alpha value is -0.630. The second-order valence-electron chi connectivity index (χ2n) is 4.17. The maximum atomic E-state index is 11.4. The van der Waals surface area contributed by atoms with E-state index in [0.29, 0.717) is 24.7 Å². The molecule has 1 atom stereocenters. The summed E-state index contributed by atoms with van der Waals surface area (Å²) in [5.41, 5.74) is 1.09. The lowest BCUT2D eigenvalue weighted by Gasteiger charge is -2.07. The van der Waals surface area contributed by atoms with E-state index in [1.165, 1.54) is 0 Å². The SMILES string of the molecule is C=C(C)CCC(=O)CCC1CCCO1. The van der Waals surface area contributed by atoms with Crippen LogP contribution in [0.4, 0.5) is 0 Å². The third-order valence-electron chi connectivity index (χ3n) is 2.60. The van der Waals surface area contributed by atoms with E-state index in [2.05, 4.69) is 6.58 Å². The number of carbonyl (C=O) groups excluding carboxylic acids is 1. The Bertz CT molecular complexity index is 202. The molecular formula is C12H20O2. The first-order valence-corrected chi connectivity index (χ1v) is 5.46. The van der Waals surface area contributed by atoms with Gasteiger partial charge < -0.3 is 4.74 Å². The molecule has 0 aromatic heterocycles. The van der Waals surface area contributed by atoms with Crippen molar-refractivity contribution in [3.05, 3.63) is 12.2 Å². The fraction of sp³-hybridized carbons (Fsp3) is 0.750. The van der Waals surface area contributed by atoms with Crippen LogP contribution in [0.3, 0.4) is 0 Å². The molecule has 1 saturated heterocycles. The van der Waals surface area contributed by atoms with Gasteiger partial charge in [-0.2, -0.15) is 0 Å². The topological polar surface area (TPSA) is 26.3 Å². The molecule has 0 amide bonds. The molecule has 0 radical (unpaired) electrons. The van der Waals surface area contributed by atoms with Gasteiger partial charge in [-0.05, 0) is 32.6 Å². The van der Waals surface area contributed by atoms with Gasteiger partial charge in [0.2, 0.25) is 0 Å². The highest BCUT2D eigenvalue weighted by molar-refractivity contribution is 5.78. The van der Waals surface area contributed by atoms with Crippen molar-refractivity contribution >= 4 is 5.78 Å². The van der Waals surface area contributed by atoms with Gasteiger partial charge in [0.25, 0.3) is 0 Å². The molecular weight excluding hydrogens is 176 g/mol. The van der Waals surface area contributed by atoms with Crippen molar-refractivity contribution in [2.75, 3.05) is 6.61 Å².